The summed E-state index contributed by atoms with van der Waals surface area (Å²) in [7, 11) is 0. The molecule has 154 valence electrons. The van der Waals surface area contributed by atoms with Crippen molar-refractivity contribution >= 4 is 40.4 Å². The minimum absolute atomic E-state index is 0.0506. The number of nitrogens with zero attached hydrogens (tertiary/aromatic N) is 2. The number of hydrogen-bond acceptors (Lipinski definition) is 6. The Morgan fingerprint density at radius 3 is 2.80 bits per heavy atom. The van der Waals surface area contributed by atoms with Crippen LogP contribution in [0.1, 0.15) is 0 Å². The number of amides is 3. The van der Waals surface area contributed by atoms with Gasteiger partial charge in [0.1, 0.15) is 13.2 Å². The number of carbonyl (C=O) groups is 2. The van der Waals surface area contributed by atoms with Crippen LogP contribution < -0.4 is 20.1 Å². The molecule has 30 heavy (non-hydrogen) atoms. The molecule has 8 nitrogen and oxygen atoms in total. The Morgan fingerprint density at radius 2 is 1.97 bits per heavy atom. The zero-order valence-electron chi connectivity index (χ0n) is 16.1. The number of imide groups is 1. The summed E-state index contributed by atoms with van der Waals surface area (Å²) in [6.07, 6.45) is 1.78. The predicted molar refractivity (Wildman–Crippen MR) is 115 cm³/mol. The van der Waals surface area contributed by atoms with Gasteiger partial charge in [-0.25, -0.2) is 9.78 Å². The third-order valence-corrected chi connectivity index (χ3v) is 5.29. The highest BCUT2D eigenvalue weighted by Crippen LogP contribution is 2.32. The largest absolute Gasteiger partial charge is 0.486 e. The van der Waals surface area contributed by atoms with Crippen LogP contribution in [0.15, 0.2) is 60.3 Å². The number of fused-ring (bicyclic) bond motifs is 2. The van der Waals surface area contributed by atoms with Crippen molar-refractivity contribution < 1.29 is 19.1 Å². The minimum atomic E-state index is -0.614. The Labute approximate surface area is 177 Å². The van der Waals surface area contributed by atoms with Crippen molar-refractivity contribution in [3.05, 3.63) is 55.1 Å². The lowest BCUT2D eigenvalue weighted by Crippen LogP contribution is -2.35. The molecular formula is C21H20N4O4S. The van der Waals surface area contributed by atoms with Crippen LogP contribution in [-0.4, -0.2) is 40.5 Å². The van der Waals surface area contributed by atoms with Gasteiger partial charge in [0.25, 0.3) is 0 Å². The van der Waals surface area contributed by atoms with Gasteiger partial charge >= 0.3 is 6.03 Å². The molecule has 1 aromatic heterocycles. The molecule has 0 spiro atoms. The van der Waals surface area contributed by atoms with Crippen molar-refractivity contribution in [1.29, 1.82) is 0 Å². The second-order valence-electron chi connectivity index (χ2n) is 6.43. The van der Waals surface area contributed by atoms with Crippen molar-refractivity contribution in [3.63, 3.8) is 0 Å². The molecule has 0 saturated carbocycles. The molecule has 3 amide bonds. The van der Waals surface area contributed by atoms with Gasteiger partial charge in [-0.15, -0.1) is 6.58 Å². The number of urea groups is 1. The lowest BCUT2D eigenvalue weighted by atomic mass is 10.2. The summed E-state index contributed by atoms with van der Waals surface area (Å²) < 4.78 is 12.9. The smallest absolute Gasteiger partial charge is 0.325 e. The van der Waals surface area contributed by atoms with E-state index in [4.69, 9.17) is 9.47 Å². The van der Waals surface area contributed by atoms with Crippen LogP contribution in [0.25, 0.3) is 11.0 Å². The van der Waals surface area contributed by atoms with Crippen LogP contribution in [0.4, 0.5) is 10.5 Å². The molecule has 0 bridgehead atoms. The summed E-state index contributed by atoms with van der Waals surface area (Å²) in [6.45, 7) is 5.30. The molecule has 1 aliphatic rings. The minimum Gasteiger partial charge on any atom is -0.486 e. The van der Waals surface area contributed by atoms with E-state index in [0.29, 0.717) is 42.1 Å². The fourth-order valence-electron chi connectivity index (χ4n) is 3.05. The quantitative estimate of drug-likeness (QED) is 0.465. The highest BCUT2D eigenvalue weighted by atomic mass is 32.2. The maximum absolute atomic E-state index is 12.2. The maximum Gasteiger partial charge on any atom is 0.325 e. The number of ether oxygens (including phenoxy) is 2. The van der Waals surface area contributed by atoms with E-state index >= 15 is 0 Å². The van der Waals surface area contributed by atoms with Crippen LogP contribution >= 0.6 is 11.8 Å². The van der Waals surface area contributed by atoms with E-state index in [2.05, 4.69) is 22.2 Å². The number of aromatic nitrogens is 2. The zero-order valence-corrected chi connectivity index (χ0v) is 16.9. The Kier molecular flexibility index (Phi) is 5.89. The number of benzene rings is 2. The van der Waals surface area contributed by atoms with Gasteiger partial charge in [0.15, 0.2) is 16.7 Å². The number of allylic oxidation sites excluding steroid dienone is 1. The lowest BCUT2D eigenvalue weighted by Gasteiger charge is -2.19. The van der Waals surface area contributed by atoms with Crippen molar-refractivity contribution in [2.24, 2.45) is 0 Å². The van der Waals surface area contributed by atoms with Gasteiger partial charge in [-0.3, -0.25) is 10.1 Å². The van der Waals surface area contributed by atoms with Gasteiger partial charge < -0.3 is 19.4 Å². The van der Waals surface area contributed by atoms with Crippen molar-refractivity contribution in [3.8, 4) is 11.5 Å². The fraction of sp³-hybridized carbons (Fsp3) is 0.190. The van der Waals surface area contributed by atoms with E-state index in [1.54, 1.807) is 24.3 Å². The monoisotopic (exact) mass is 424 g/mol. The third kappa shape index (κ3) is 4.41. The Morgan fingerprint density at radius 1 is 1.17 bits per heavy atom. The third-order valence-electron chi connectivity index (χ3n) is 4.32. The number of anilines is 1. The SMILES string of the molecule is C=CCn1c(SCC(=O)NC(=O)Nc2ccc3c(c2)OCCO3)nc2ccccc21. The molecule has 4 rings (SSSR count). The Balaban J connectivity index is 1.35. The van der Waals surface area contributed by atoms with E-state index in [1.165, 1.54) is 11.8 Å². The first kappa shape index (κ1) is 19.8. The molecule has 2 N–H and O–H groups in total. The molecule has 0 radical (unpaired) electrons. The van der Waals surface area contributed by atoms with Gasteiger partial charge in [0.05, 0.1) is 16.8 Å². The van der Waals surface area contributed by atoms with E-state index in [9.17, 15) is 9.59 Å². The summed E-state index contributed by atoms with van der Waals surface area (Å²) >= 11 is 1.26. The number of para-hydroxylation sites is 2. The summed E-state index contributed by atoms with van der Waals surface area (Å²) in [4.78, 5) is 29.0. The summed E-state index contributed by atoms with van der Waals surface area (Å²) in [5.41, 5.74) is 2.32. The first-order chi connectivity index (χ1) is 14.6. The normalized spacial score (nSPS) is 12.4. The van der Waals surface area contributed by atoms with E-state index < -0.39 is 11.9 Å². The van der Waals surface area contributed by atoms with Crippen LogP contribution in [-0.2, 0) is 11.3 Å². The van der Waals surface area contributed by atoms with Crippen molar-refractivity contribution in [2.75, 3.05) is 24.3 Å². The van der Waals surface area contributed by atoms with Gasteiger partial charge in [-0.2, -0.15) is 0 Å². The summed E-state index contributed by atoms with van der Waals surface area (Å²) in [5, 5.41) is 5.64. The number of hydrogen-bond donors (Lipinski definition) is 2. The number of thioether (sulfide) groups is 1. The molecule has 3 aromatic rings. The van der Waals surface area contributed by atoms with Gasteiger partial charge in [-0.05, 0) is 24.3 Å². The molecular weight excluding hydrogens is 404 g/mol. The highest BCUT2D eigenvalue weighted by Gasteiger charge is 2.15. The average molecular weight is 424 g/mol. The summed E-state index contributed by atoms with van der Waals surface area (Å²) in [5.74, 6) is 0.811. The average Bonchev–Trinajstić information content (AvgIpc) is 3.10. The second-order valence-corrected chi connectivity index (χ2v) is 7.37. The molecule has 0 atom stereocenters. The Bertz CT molecular complexity index is 1110. The molecule has 0 unspecified atom stereocenters. The molecule has 9 heteroatoms. The van der Waals surface area contributed by atoms with E-state index in [0.717, 1.165) is 11.0 Å². The molecule has 0 fully saturated rings. The van der Waals surface area contributed by atoms with Crippen LogP contribution in [0, 0.1) is 0 Å². The molecule has 2 aromatic carbocycles. The van der Waals surface area contributed by atoms with Crippen molar-refractivity contribution in [1.82, 2.24) is 14.9 Å². The molecule has 0 saturated heterocycles. The predicted octanol–water partition coefficient (Wildman–Crippen LogP) is 3.43. The van der Waals surface area contributed by atoms with E-state index in [-0.39, 0.29) is 5.75 Å². The number of nitrogens with one attached hydrogen (secondary N) is 2. The van der Waals surface area contributed by atoms with Crippen molar-refractivity contribution in [2.45, 2.75) is 11.7 Å². The fourth-order valence-corrected chi connectivity index (χ4v) is 3.87. The van der Waals surface area contributed by atoms with Crippen LogP contribution in [0.5, 0.6) is 11.5 Å². The lowest BCUT2D eigenvalue weighted by molar-refractivity contribution is -0.117. The van der Waals surface area contributed by atoms with Gasteiger partial charge in [0.2, 0.25) is 5.91 Å². The highest BCUT2D eigenvalue weighted by molar-refractivity contribution is 7.99. The number of imidazole rings is 1. The van der Waals surface area contributed by atoms with Gasteiger partial charge in [0, 0.05) is 18.3 Å². The van der Waals surface area contributed by atoms with E-state index in [1.807, 2.05) is 28.8 Å². The van der Waals surface area contributed by atoms with Crippen LogP contribution in [0.2, 0.25) is 0 Å². The first-order valence-corrected chi connectivity index (χ1v) is 10.3. The number of rotatable bonds is 6. The number of carbonyl (C=O) groups excluding carboxylic acids is 2. The van der Waals surface area contributed by atoms with Crippen LogP contribution in [0.3, 0.4) is 0 Å². The van der Waals surface area contributed by atoms with Gasteiger partial charge in [-0.1, -0.05) is 30.0 Å². The standard InChI is InChI=1S/C21H20N4O4S/c1-2-9-25-16-6-4-3-5-15(16)23-21(25)30-13-19(26)24-20(27)22-14-7-8-17-18(12-14)29-11-10-28-17/h2-8,12H,1,9-11,13H2,(H2,22,24,26,27). The molecule has 1 aliphatic heterocycles. The molecule has 0 aliphatic carbocycles. The zero-order chi connectivity index (χ0) is 20.9. The molecule has 2 heterocycles. The Hall–Kier alpha value is -3.46. The first-order valence-electron chi connectivity index (χ1n) is 9.33. The second kappa shape index (κ2) is 8.91. The topological polar surface area (TPSA) is 94.5 Å². The maximum atomic E-state index is 12.2. The summed E-state index contributed by atoms with van der Waals surface area (Å²) in [6, 6.07) is 12.2.